The van der Waals surface area contributed by atoms with E-state index in [1.807, 2.05) is 0 Å². The maximum absolute atomic E-state index is 6.39. The summed E-state index contributed by atoms with van der Waals surface area (Å²) < 4.78 is 0. The third-order valence-corrected chi connectivity index (χ3v) is 4.40. The van der Waals surface area contributed by atoms with Crippen LogP contribution in [0.4, 0.5) is 0 Å². The van der Waals surface area contributed by atoms with Gasteiger partial charge in [0.25, 0.3) is 0 Å². The first-order chi connectivity index (χ1) is 6.13. The van der Waals surface area contributed by atoms with Crippen LogP contribution >= 0.6 is 0 Å². The molecule has 14 heavy (non-hydrogen) atoms. The van der Waals surface area contributed by atoms with Crippen molar-refractivity contribution >= 4 is 0 Å². The fourth-order valence-corrected chi connectivity index (χ4v) is 4.02. The summed E-state index contributed by atoms with van der Waals surface area (Å²) in [7, 11) is 0. The highest BCUT2D eigenvalue weighted by molar-refractivity contribution is 5.07. The number of hydrogen-bond donors (Lipinski definition) is 1. The van der Waals surface area contributed by atoms with Gasteiger partial charge in [0.05, 0.1) is 0 Å². The lowest BCUT2D eigenvalue weighted by Crippen LogP contribution is -2.54. The Labute approximate surface area is 89.5 Å². The Bertz CT molecular complexity index is 190. The van der Waals surface area contributed by atoms with Gasteiger partial charge in [-0.15, -0.1) is 0 Å². The van der Waals surface area contributed by atoms with Crippen LogP contribution in [0, 0.1) is 16.2 Å². The lowest BCUT2D eigenvalue weighted by Gasteiger charge is -2.54. The Kier molecular flexibility index (Phi) is 2.78. The molecule has 84 valence electrons. The third-order valence-electron chi connectivity index (χ3n) is 4.40. The van der Waals surface area contributed by atoms with E-state index in [0.29, 0.717) is 22.3 Å². The molecule has 1 nitrogen and oxygen atoms in total. The second-order valence-electron chi connectivity index (χ2n) is 6.97. The van der Waals surface area contributed by atoms with E-state index in [1.165, 1.54) is 19.3 Å². The molecule has 0 saturated heterocycles. The number of hydrogen-bond acceptors (Lipinski definition) is 1. The first-order valence-electron chi connectivity index (χ1n) is 5.88. The largest absolute Gasteiger partial charge is 0.327 e. The Morgan fingerprint density at radius 3 is 1.57 bits per heavy atom. The summed E-state index contributed by atoms with van der Waals surface area (Å²) in [6.07, 6.45) is 3.80. The zero-order valence-corrected chi connectivity index (χ0v) is 10.8. The predicted octanol–water partition coefficient (Wildman–Crippen LogP) is 3.58. The van der Waals surface area contributed by atoms with E-state index in [9.17, 15) is 0 Å². The fraction of sp³-hybridized carbons (Fsp3) is 1.00. The van der Waals surface area contributed by atoms with Crippen LogP contribution in [0.3, 0.4) is 0 Å². The highest BCUT2D eigenvalue weighted by Gasteiger charge is 2.55. The summed E-state index contributed by atoms with van der Waals surface area (Å²) >= 11 is 0. The van der Waals surface area contributed by atoms with Gasteiger partial charge in [-0.1, -0.05) is 48.0 Å². The lowest BCUT2D eigenvalue weighted by molar-refractivity contribution is -0.0392. The van der Waals surface area contributed by atoms with Crippen LogP contribution in [0.25, 0.3) is 0 Å². The van der Waals surface area contributed by atoms with Gasteiger partial charge in [0.2, 0.25) is 0 Å². The SMILES string of the molecule is CC(C)(C)C1(C(C)(C)C)CCCC1N. The van der Waals surface area contributed by atoms with E-state index in [-0.39, 0.29) is 0 Å². The first kappa shape index (κ1) is 12.0. The molecule has 1 rings (SSSR count). The van der Waals surface area contributed by atoms with Crippen molar-refractivity contribution in [2.45, 2.75) is 66.8 Å². The van der Waals surface area contributed by atoms with E-state index in [1.54, 1.807) is 0 Å². The van der Waals surface area contributed by atoms with Gasteiger partial charge in [0.1, 0.15) is 0 Å². The van der Waals surface area contributed by atoms with Crippen LogP contribution in [0.15, 0.2) is 0 Å². The van der Waals surface area contributed by atoms with Crippen molar-refractivity contribution in [3.63, 3.8) is 0 Å². The van der Waals surface area contributed by atoms with Crippen LogP contribution in [-0.4, -0.2) is 6.04 Å². The summed E-state index contributed by atoms with van der Waals surface area (Å²) in [5, 5.41) is 0. The molecule has 1 atom stereocenters. The summed E-state index contributed by atoms with van der Waals surface area (Å²) in [5.41, 5.74) is 7.31. The van der Waals surface area contributed by atoms with Gasteiger partial charge in [-0.05, 0) is 29.1 Å². The lowest BCUT2D eigenvalue weighted by atomic mass is 9.51. The Balaban J connectivity index is 3.16. The molecule has 0 aromatic carbocycles. The predicted molar refractivity (Wildman–Crippen MR) is 63.2 cm³/mol. The topological polar surface area (TPSA) is 26.0 Å². The van der Waals surface area contributed by atoms with Gasteiger partial charge in [0.15, 0.2) is 0 Å². The molecular formula is C13H27N. The molecule has 1 aliphatic carbocycles. The van der Waals surface area contributed by atoms with Gasteiger partial charge in [-0.3, -0.25) is 0 Å². The van der Waals surface area contributed by atoms with Crippen molar-refractivity contribution in [2.75, 3.05) is 0 Å². The summed E-state index contributed by atoms with van der Waals surface area (Å²) in [5.74, 6) is 0. The molecule has 0 aliphatic heterocycles. The van der Waals surface area contributed by atoms with Gasteiger partial charge >= 0.3 is 0 Å². The van der Waals surface area contributed by atoms with Crippen molar-refractivity contribution in [1.29, 1.82) is 0 Å². The second kappa shape index (κ2) is 3.23. The fourth-order valence-electron chi connectivity index (χ4n) is 4.02. The average molecular weight is 197 g/mol. The molecule has 1 unspecified atom stereocenters. The highest BCUT2D eigenvalue weighted by Crippen LogP contribution is 2.60. The first-order valence-corrected chi connectivity index (χ1v) is 5.88. The second-order valence-corrected chi connectivity index (χ2v) is 6.97. The molecular weight excluding hydrogens is 170 g/mol. The van der Waals surface area contributed by atoms with E-state index < -0.39 is 0 Å². The zero-order chi connectivity index (χ0) is 11.2. The Hall–Kier alpha value is -0.0400. The van der Waals surface area contributed by atoms with Gasteiger partial charge in [-0.2, -0.15) is 0 Å². The molecule has 0 bridgehead atoms. The van der Waals surface area contributed by atoms with Crippen molar-refractivity contribution in [1.82, 2.24) is 0 Å². The Morgan fingerprint density at radius 2 is 1.43 bits per heavy atom. The van der Waals surface area contributed by atoms with Gasteiger partial charge < -0.3 is 5.73 Å². The molecule has 0 aromatic heterocycles. The highest BCUT2D eigenvalue weighted by atomic mass is 14.8. The quantitative estimate of drug-likeness (QED) is 0.631. The molecule has 1 aliphatic rings. The molecule has 0 heterocycles. The van der Waals surface area contributed by atoms with E-state index in [4.69, 9.17) is 5.73 Å². The van der Waals surface area contributed by atoms with Crippen LogP contribution in [0.5, 0.6) is 0 Å². The summed E-state index contributed by atoms with van der Waals surface area (Å²) in [6, 6.07) is 0.377. The smallest absolute Gasteiger partial charge is 0.0106 e. The van der Waals surface area contributed by atoms with Crippen molar-refractivity contribution in [3.8, 4) is 0 Å². The molecule has 2 N–H and O–H groups in total. The molecule has 0 spiro atoms. The van der Waals surface area contributed by atoms with Crippen LogP contribution in [0.2, 0.25) is 0 Å². The third kappa shape index (κ3) is 1.50. The zero-order valence-electron chi connectivity index (χ0n) is 10.8. The van der Waals surface area contributed by atoms with Gasteiger partial charge in [0, 0.05) is 6.04 Å². The van der Waals surface area contributed by atoms with Crippen molar-refractivity contribution in [3.05, 3.63) is 0 Å². The molecule has 0 amide bonds. The van der Waals surface area contributed by atoms with Crippen molar-refractivity contribution < 1.29 is 0 Å². The maximum Gasteiger partial charge on any atom is 0.0106 e. The Morgan fingerprint density at radius 1 is 1.00 bits per heavy atom. The normalized spacial score (nSPS) is 28.1. The maximum atomic E-state index is 6.39. The van der Waals surface area contributed by atoms with Crippen molar-refractivity contribution in [2.24, 2.45) is 22.0 Å². The number of rotatable bonds is 0. The van der Waals surface area contributed by atoms with E-state index >= 15 is 0 Å². The molecule has 0 aromatic rings. The van der Waals surface area contributed by atoms with Crippen LogP contribution in [0.1, 0.15) is 60.8 Å². The van der Waals surface area contributed by atoms with Crippen LogP contribution in [-0.2, 0) is 0 Å². The minimum absolute atomic E-state index is 0.306. The van der Waals surface area contributed by atoms with Crippen LogP contribution < -0.4 is 5.73 Å². The summed E-state index contributed by atoms with van der Waals surface area (Å²) in [4.78, 5) is 0. The molecule has 1 fully saturated rings. The van der Waals surface area contributed by atoms with E-state index in [2.05, 4.69) is 41.5 Å². The average Bonchev–Trinajstić information content (AvgIpc) is 2.27. The minimum Gasteiger partial charge on any atom is -0.327 e. The van der Waals surface area contributed by atoms with Gasteiger partial charge in [-0.25, -0.2) is 0 Å². The molecule has 1 heteroatoms. The standard InChI is InChI=1S/C13H27N/c1-11(2,3)13(12(4,5)6)9-7-8-10(13)14/h10H,7-9,14H2,1-6H3. The number of nitrogens with two attached hydrogens (primary N) is 1. The molecule has 1 saturated carbocycles. The summed E-state index contributed by atoms with van der Waals surface area (Å²) in [6.45, 7) is 14.1. The monoisotopic (exact) mass is 197 g/mol. The molecule has 0 radical (unpaired) electrons. The van der Waals surface area contributed by atoms with E-state index in [0.717, 1.165) is 0 Å². The minimum atomic E-state index is 0.306.